The van der Waals surface area contributed by atoms with Crippen molar-refractivity contribution in [3.05, 3.63) is 39.8 Å². The lowest BCUT2D eigenvalue weighted by Gasteiger charge is -2.27. The third-order valence-electron chi connectivity index (χ3n) is 4.15. The lowest BCUT2D eigenvalue weighted by Crippen LogP contribution is -3.11. The number of halogens is 1. The number of carbonyl (C=O) groups is 1. The van der Waals surface area contributed by atoms with E-state index in [4.69, 9.17) is 10.7 Å². The highest BCUT2D eigenvalue weighted by molar-refractivity contribution is 9.10. The van der Waals surface area contributed by atoms with E-state index in [2.05, 4.69) is 33.4 Å². The Bertz CT molecular complexity index is 665. The number of hydrogen-bond donors (Lipinski definition) is 2. The van der Waals surface area contributed by atoms with Gasteiger partial charge in [0.1, 0.15) is 17.2 Å². The molecule has 0 saturated carbocycles. The van der Waals surface area contributed by atoms with Crippen LogP contribution in [0.15, 0.2) is 34.1 Å². The SMILES string of the molecule is NC(=O)C1CC[NH+](Cc2csc(-c3cccc(Br)c3)n2)CC1. The monoisotopic (exact) mass is 380 g/mol. The number of primary amides is 1. The fraction of sp³-hybridized carbons (Fsp3) is 0.375. The van der Waals surface area contributed by atoms with Crippen LogP contribution in [0.2, 0.25) is 0 Å². The number of hydrogen-bond acceptors (Lipinski definition) is 3. The number of nitrogens with zero attached hydrogens (tertiary/aromatic N) is 1. The van der Waals surface area contributed by atoms with Gasteiger partial charge in [0, 0.05) is 34.2 Å². The summed E-state index contributed by atoms with van der Waals surface area (Å²) in [4.78, 5) is 17.4. The normalized spacial score (nSPS) is 21.7. The van der Waals surface area contributed by atoms with Gasteiger partial charge in [-0.05, 0) is 12.1 Å². The Labute approximate surface area is 142 Å². The van der Waals surface area contributed by atoms with Crippen molar-refractivity contribution < 1.29 is 9.69 Å². The molecule has 3 rings (SSSR count). The first-order chi connectivity index (χ1) is 10.6. The van der Waals surface area contributed by atoms with E-state index in [-0.39, 0.29) is 11.8 Å². The second-order valence-electron chi connectivity index (χ2n) is 5.76. The lowest BCUT2D eigenvalue weighted by atomic mass is 9.96. The molecule has 0 atom stereocenters. The quantitative estimate of drug-likeness (QED) is 0.849. The van der Waals surface area contributed by atoms with E-state index < -0.39 is 0 Å². The molecule has 4 nitrogen and oxygen atoms in total. The standard InChI is InChI=1S/C16H18BrN3OS/c17-13-3-1-2-12(8-13)16-19-14(10-22-16)9-20-6-4-11(5-7-20)15(18)21/h1-3,8,10-11H,4-7,9H2,(H2,18,21)/p+1. The third-order valence-corrected chi connectivity index (χ3v) is 5.58. The minimum atomic E-state index is -0.148. The molecule has 0 unspecified atom stereocenters. The Kier molecular flexibility index (Phi) is 4.90. The summed E-state index contributed by atoms with van der Waals surface area (Å²) >= 11 is 5.18. The average Bonchev–Trinajstić information content (AvgIpc) is 2.96. The second-order valence-corrected chi connectivity index (χ2v) is 7.53. The van der Waals surface area contributed by atoms with Gasteiger partial charge >= 0.3 is 0 Å². The van der Waals surface area contributed by atoms with E-state index in [1.807, 2.05) is 12.1 Å². The van der Waals surface area contributed by atoms with Crippen molar-refractivity contribution >= 4 is 33.2 Å². The minimum Gasteiger partial charge on any atom is -0.369 e. The summed E-state index contributed by atoms with van der Waals surface area (Å²) in [7, 11) is 0. The van der Waals surface area contributed by atoms with Crippen LogP contribution in [0.4, 0.5) is 0 Å². The summed E-state index contributed by atoms with van der Waals surface area (Å²) in [5, 5.41) is 3.20. The molecule has 1 aliphatic heterocycles. The summed E-state index contributed by atoms with van der Waals surface area (Å²) in [6, 6.07) is 8.22. The predicted molar refractivity (Wildman–Crippen MR) is 91.6 cm³/mol. The Hall–Kier alpha value is -1.24. The van der Waals surface area contributed by atoms with Crippen LogP contribution in [-0.2, 0) is 11.3 Å². The van der Waals surface area contributed by atoms with Gasteiger partial charge in [-0.1, -0.05) is 28.1 Å². The molecule has 3 N–H and O–H groups in total. The zero-order chi connectivity index (χ0) is 15.5. The highest BCUT2D eigenvalue weighted by Crippen LogP contribution is 2.26. The summed E-state index contributed by atoms with van der Waals surface area (Å²) < 4.78 is 1.07. The Balaban J connectivity index is 1.62. The van der Waals surface area contributed by atoms with E-state index in [1.165, 1.54) is 4.90 Å². The summed E-state index contributed by atoms with van der Waals surface area (Å²) in [6.45, 7) is 2.92. The van der Waals surface area contributed by atoms with Crippen LogP contribution in [-0.4, -0.2) is 24.0 Å². The molecule has 1 fully saturated rings. The molecule has 6 heteroatoms. The van der Waals surface area contributed by atoms with Crippen molar-refractivity contribution in [2.24, 2.45) is 11.7 Å². The maximum absolute atomic E-state index is 11.2. The number of benzene rings is 1. The first kappa shape index (κ1) is 15.6. The maximum Gasteiger partial charge on any atom is 0.220 e. The smallest absolute Gasteiger partial charge is 0.220 e. The largest absolute Gasteiger partial charge is 0.369 e. The molecule has 22 heavy (non-hydrogen) atoms. The number of nitrogens with one attached hydrogen (secondary N) is 1. The molecule has 1 aromatic carbocycles. The van der Waals surface area contributed by atoms with E-state index in [0.29, 0.717) is 0 Å². The van der Waals surface area contributed by atoms with Gasteiger partial charge in [0.2, 0.25) is 5.91 Å². The molecule has 1 aromatic heterocycles. The number of carbonyl (C=O) groups excluding carboxylic acids is 1. The van der Waals surface area contributed by atoms with Crippen LogP contribution < -0.4 is 10.6 Å². The van der Waals surface area contributed by atoms with Crippen molar-refractivity contribution in [3.63, 3.8) is 0 Å². The average molecular weight is 381 g/mol. The molecule has 0 spiro atoms. The van der Waals surface area contributed by atoms with Crippen LogP contribution in [0.25, 0.3) is 10.6 Å². The van der Waals surface area contributed by atoms with Crippen molar-refractivity contribution in [3.8, 4) is 10.6 Å². The third kappa shape index (κ3) is 3.74. The van der Waals surface area contributed by atoms with Gasteiger partial charge in [0.15, 0.2) is 0 Å². The highest BCUT2D eigenvalue weighted by Gasteiger charge is 2.26. The molecule has 1 aliphatic rings. The van der Waals surface area contributed by atoms with Gasteiger partial charge in [-0.2, -0.15) is 0 Å². The Morgan fingerprint density at radius 2 is 2.18 bits per heavy atom. The number of aromatic nitrogens is 1. The number of quaternary nitrogens is 1. The van der Waals surface area contributed by atoms with Crippen LogP contribution in [0, 0.1) is 5.92 Å². The Morgan fingerprint density at radius 1 is 1.41 bits per heavy atom. The minimum absolute atomic E-state index is 0.0661. The van der Waals surface area contributed by atoms with Crippen LogP contribution in [0.5, 0.6) is 0 Å². The van der Waals surface area contributed by atoms with Crippen molar-refractivity contribution in [1.29, 1.82) is 0 Å². The van der Waals surface area contributed by atoms with Gasteiger partial charge in [-0.3, -0.25) is 4.79 Å². The molecule has 1 saturated heterocycles. The van der Waals surface area contributed by atoms with Gasteiger partial charge in [0.05, 0.1) is 13.1 Å². The van der Waals surface area contributed by atoms with Crippen LogP contribution in [0.3, 0.4) is 0 Å². The van der Waals surface area contributed by atoms with Gasteiger partial charge in [-0.15, -0.1) is 11.3 Å². The van der Waals surface area contributed by atoms with Crippen LogP contribution >= 0.6 is 27.3 Å². The second kappa shape index (κ2) is 6.89. The molecule has 0 radical (unpaired) electrons. The number of nitrogens with two attached hydrogens (primary N) is 1. The van der Waals surface area contributed by atoms with Gasteiger partial charge in [-0.25, -0.2) is 4.98 Å². The zero-order valence-corrected chi connectivity index (χ0v) is 14.6. The first-order valence-corrected chi connectivity index (χ1v) is 9.12. The number of thiazole rings is 1. The summed E-state index contributed by atoms with van der Waals surface area (Å²) in [5.41, 5.74) is 7.66. The van der Waals surface area contributed by atoms with Crippen molar-refractivity contribution in [1.82, 2.24) is 4.98 Å². The molecular formula is C16H19BrN3OS+. The van der Waals surface area contributed by atoms with Crippen molar-refractivity contribution in [2.45, 2.75) is 19.4 Å². The van der Waals surface area contributed by atoms with E-state index in [0.717, 1.165) is 53.2 Å². The predicted octanol–water partition coefficient (Wildman–Crippen LogP) is 1.85. The zero-order valence-electron chi connectivity index (χ0n) is 12.2. The fourth-order valence-electron chi connectivity index (χ4n) is 2.89. The summed E-state index contributed by atoms with van der Waals surface area (Å²) in [5.74, 6) is -0.0823. The molecule has 0 aliphatic carbocycles. The van der Waals surface area contributed by atoms with Gasteiger partial charge in [0.25, 0.3) is 0 Å². The van der Waals surface area contributed by atoms with Crippen LogP contribution in [0.1, 0.15) is 18.5 Å². The lowest BCUT2D eigenvalue weighted by molar-refractivity contribution is -0.919. The van der Waals surface area contributed by atoms with E-state index in [1.54, 1.807) is 11.3 Å². The molecule has 2 heterocycles. The molecule has 1 amide bonds. The molecule has 2 aromatic rings. The highest BCUT2D eigenvalue weighted by atomic mass is 79.9. The molecule has 116 valence electrons. The molecular weight excluding hydrogens is 362 g/mol. The number of likely N-dealkylation sites (tertiary alicyclic amines) is 1. The van der Waals surface area contributed by atoms with Crippen molar-refractivity contribution in [2.75, 3.05) is 13.1 Å². The Morgan fingerprint density at radius 3 is 2.86 bits per heavy atom. The van der Waals surface area contributed by atoms with E-state index >= 15 is 0 Å². The number of amides is 1. The number of piperidine rings is 1. The first-order valence-electron chi connectivity index (χ1n) is 7.45. The maximum atomic E-state index is 11.2. The van der Waals surface area contributed by atoms with Gasteiger partial charge < -0.3 is 10.6 Å². The topological polar surface area (TPSA) is 60.4 Å². The number of rotatable bonds is 4. The molecule has 0 bridgehead atoms. The summed E-state index contributed by atoms with van der Waals surface area (Å²) in [6.07, 6.45) is 1.79. The fourth-order valence-corrected chi connectivity index (χ4v) is 4.10. The van der Waals surface area contributed by atoms with E-state index in [9.17, 15) is 4.79 Å².